The number of nitrogens with zero attached hydrogens (tertiary/aromatic N) is 4. The fraction of sp³-hybridized carbons (Fsp3) is 0.231. The number of imidazole rings is 1. The van der Waals surface area contributed by atoms with Gasteiger partial charge in [0.05, 0.1) is 10.6 Å². The van der Waals surface area contributed by atoms with Crippen LogP contribution in [0.1, 0.15) is 30.1 Å². The molecule has 0 unspecified atom stereocenters. The Labute approximate surface area is 203 Å². The number of benzene rings is 2. The van der Waals surface area contributed by atoms with E-state index in [1.165, 1.54) is 0 Å². The molecular formula is C26H26N6O2S. The van der Waals surface area contributed by atoms with Crippen molar-refractivity contribution in [3.05, 3.63) is 78.4 Å². The van der Waals surface area contributed by atoms with Crippen molar-refractivity contribution in [2.45, 2.75) is 30.6 Å². The molecule has 0 saturated carbocycles. The van der Waals surface area contributed by atoms with Crippen molar-refractivity contribution in [2.24, 2.45) is 0 Å². The summed E-state index contributed by atoms with van der Waals surface area (Å²) in [6, 6.07) is 17.2. The molecule has 0 amide bonds. The lowest BCUT2D eigenvalue weighted by Gasteiger charge is -2.30. The molecule has 3 aromatic heterocycles. The van der Waals surface area contributed by atoms with Crippen molar-refractivity contribution >= 4 is 32.3 Å². The number of piperidine rings is 1. The van der Waals surface area contributed by atoms with Crippen LogP contribution in [-0.2, 0) is 10.0 Å². The Kier molecular flexibility index (Phi) is 5.12. The van der Waals surface area contributed by atoms with Crippen LogP contribution in [0.4, 0.5) is 5.82 Å². The first-order valence-electron chi connectivity index (χ1n) is 11.7. The minimum absolute atomic E-state index is 0.104. The number of para-hydroxylation sites is 1. The molecule has 6 rings (SSSR count). The van der Waals surface area contributed by atoms with Crippen LogP contribution >= 0.6 is 0 Å². The maximum atomic E-state index is 13.1. The largest absolute Gasteiger partial charge is 0.382 e. The molecule has 178 valence electrons. The van der Waals surface area contributed by atoms with Crippen molar-refractivity contribution in [2.75, 3.05) is 18.8 Å². The Morgan fingerprint density at radius 2 is 1.80 bits per heavy atom. The third kappa shape index (κ3) is 3.67. The number of rotatable bonds is 4. The van der Waals surface area contributed by atoms with E-state index in [0.717, 1.165) is 39.2 Å². The third-order valence-corrected chi connectivity index (χ3v) is 8.79. The van der Waals surface area contributed by atoms with Crippen LogP contribution in [0.5, 0.6) is 0 Å². The highest BCUT2D eigenvalue weighted by atomic mass is 32.2. The molecule has 0 bridgehead atoms. The number of sulfonamides is 1. The second-order valence-electron chi connectivity index (χ2n) is 9.11. The van der Waals surface area contributed by atoms with Crippen molar-refractivity contribution in [1.29, 1.82) is 0 Å². The molecule has 1 aliphatic rings. The van der Waals surface area contributed by atoms with Crippen LogP contribution in [0.25, 0.3) is 27.8 Å². The van der Waals surface area contributed by atoms with Crippen LogP contribution in [-0.4, -0.2) is 45.2 Å². The smallest absolute Gasteiger partial charge is 0.243 e. The van der Waals surface area contributed by atoms with E-state index in [1.54, 1.807) is 22.6 Å². The summed E-state index contributed by atoms with van der Waals surface area (Å²) in [4.78, 5) is 13.1. The zero-order valence-corrected chi connectivity index (χ0v) is 20.2. The summed E-state index contributed by atoms with van der Waals surface area (Å²) >= 11 is 0. The van der Waals surface area contributed by atoms with E-state index in [-0.39, 0.29) is 5.92 Å². The van der Waals surface area contributed by atoms with Gasteiger partial charge in [-0.1, -0.05) is 35.9 Å². The average molecular weight is 487 g/mol. The lowest BCUT2D eigenvalue weighted by molar-refractivity contribution is 0.313. The number of hydrogen-bond acceptors (Lipinski definition) is 5. The van der Waals surface area contributed by atoms with Gasteiger partial charge < -0.3 is 10.7 Å². The van der Waals surface area contributed by atoms with Gasteiger partial charge in [-0.3, -0.25) is 4.40 Å². The second kappa shape index (κ2) is 8.21. The molecule has 0 radical (unpaired) electrons. The molecule has 2 aromatic carbocycles. The SMILES string of the molecule is Cc1ccc(S(=O)(=O)N2CCC(c3nc(-c4cc5ccccc5[nH]4)c4c(N)nccn34)CC2)cc1. The normalized spacial score (nSPS) is 15.8. The molecule has 1 saturated heterocycles. The average Bonchev–Trinajstić information content (AvgIpc) is 3.47. The molecule has 4 heterocycles. The fourth-order valence-electron chi connectivity index (χ4n) is 4.98. The zero-order valence-electron chi connectivity index (χ0n) is 19.3. The highest BCUT2D eigenvalue weighted by Gasteiger charge is 2.32. The predicted molar refractivity (Wildman–Crippen MR) is 137 cm³/mol. The van der Waals surface area contributed by atoms with Gasteiger partial charge in [0.1, 0.15) is 22.9 Å². The number of nitrogens with one attached hydrogen (secondary N) is 1. The summed E-state index contributed by atoms with van der Waals surface area (Å²) in [7, 11) is -3.52. The summed E-state index contributed by atoms with van der Waals surface area (Å²) in [5, 5.41) is 1.10. The summed E-state index contributed by atoms with van der Waals surface area (Å²) in [5.41, 5.74) is 10.8. The Morgan fingerprint density at radius 1 is 1.06 bits per heavy atom. The summed E-state index contributed by atoms with van der Waals surface area (Å²) < 4.78 is 29.9. The molecule has 9 heteroatoms. The molecule has 0 aliphatic carbocycles. The van der Waals surface area contributed by atoms with E-state index in [0.29, 0.717) is 36.6 Å². The summed E-state index contributed by atoms with van der Waals surface area (Å²) in [6.07, 6.45) is 4.92. The Morgan fingerprint density at radius 3 is 2.54 bits per heavy atom. The fourth-order valence-corrected chi connectivity index (χ4v) is 6.45. The van der Waals surface area contributed by atoms with Crippen LogP contribution in [0.3, 0.4) is 0 Å². The van der Waals surface area contributed by atoms with Gasteiger partial charge in [0.2, 0.25) is 10.0 Å². The van der Waals surface area contributed by atoms with E-state index >= 15 is 0 Å². The lowest BCUT2D eigenvalue weighted by Crippen LogP contribution is -2.38. The van der Waals surface area contributed by atoms with E-state index in [2.05, 4.69) is 22.1 Å². The maximum absolute atomic E-state index is 13.1. The molecule has 8 nitrogen and oxygen atoms in total. The Bertz CT molecular complexity index is 1610. The van der Waals surface area contributed by atoms with E-state index in [4.69, 9.17) is 10.7 Å². The molecule has 1 aliphatic heterocycles. The molecule has 3 N–H and O–H groups in total. The number of H-pyrrole nitrogens is 1. The van der Waals surface area contributed by atoms with Crippen LogP contribution in [0, 0.1) is 6.92 Å². The number of fused-ring (bicyclic) bond motifs is 2. The Balaban J connectivity index is 1.33. The lowest BCUT2D eigenvalue weighted by atomic mass is 9.97. The van der Waals surface area contributed by atoms with Crippen LogP contribution in [0.15, 0.2) is 71.9 Å². The van der Waals surface area contributed by atoms with Crippen LogP contribution < -0.4 is 5.73 Å². The van der Waals surface area contributed by atoms with Gasteiger partial charge >= 0.3 is 0 Å². The number of aryl methyl sites for hydroxylation is 1. The number of aromatic nitrogens is 4. The monoisotopic (exact) mass is 486 g/mol. The molecule has 5 aromatic rings. The number of nitrogen functional groups attached to an aromatic ring is 1. The van der Waals surface area contributed by atoms with E-state index in [9.17, 15) is 8.42 Å². The van der Waals surface area contributed by atoms with Gasteiger partial charge in [-0.2, -0.15) is 4.31 Å². The quantitative estimate of drug-likeness (QED) is 0.393. The minimum atomic E-state index is -3.52. The first-order chi connectivity index (χ1) is 16.9. The standard InChI is InChI=1S/C26H26N6O2S/c1-17-6-8-20(9-7-17)35(33,34)31-13-10-18(11-14-31)26-30-23(24-25(27)28-12-15-32(24)26)22-16-19-4-2-3-5-21(19)29-22/h2-9,12,15-16,18,29H,10-11,13-14H2,1H3,(H2,27,28). The number of aromatic amines is 1. The van der Waals surface area contributed by atoms with Crippen molar-refractivity contribution in [3.63, 3.8) is 0 Å². The van der Waals surface area contributed by atoms with Crippen molar-refractivity contribution in [1.82, 2.24) is 23.7 Å². The Hall–Kier alpha value is -3.69. The maximum Gasteiger partial charge on any atom is 0.243 e. The van der Waals surface area contributed by atoms with Crippen LogP contribution in [0.2, 0.25) is 0 Å². The molecule has 35 heavy (non-hydrogen) atoms. The van der Waals surface area contributed by atoms with Gasteiger partial charge in [0, 0.05) is 42.3 Å². The van der Waals surface area contributed by atoms with Gasteiger partial charge in [-0.05, 0) is 44.0 Å². The van der Waals surface area contributed by atoms with Gasteiger partial charge in [0.25, 0.3) is 0 Å². The number of hydrogen-bond donors (Lipinski definition) is 2. The van der Waals surface area contributed by atoms with Crippen molar-refractivity contribution in [3.8, 4) is 11.4 Å². The first-order valence-corrected chi connectivity index (χ1v) is 13.1. The predicted octanol–water partition coefficient (Wildman–Crippen LogP) is 4.34. The van der Waals surface area contributed by atoms with Gasteiger partial charge in [-0.25, -0.2) is 18.4 Å². The number of anilines is 1. The zero-order chi connectivity index (χ0) is 24.2. The van der Waals surface area contributed by atoms with E-state index in [1.807, 2.05) is 47.9 Å². The molecular weight excluding hydrogens is 460 g/mol. The topological polar surface area (TPSA) is 109 Å². The molecule has 0 atom stereocenters. The van der Waals surface area contributed by atoms with E-state index < -0.39 is 10.0 Å². The molecule has 0 spiro atoms. The highest BCUT2D eigenvalue weighted by molar-refractivity contribution is 7.89. The second-order valence-corrected chi connectivity index (χ2v) is 11.0. The van der Waals surface area contributed by atoms with Gasteiger partial charge in [0.15, 0.2) is 0 Å². The third-order valence-electron chi connectivity index (χ3n) is 6.87. The number of nitrogens with two attached hydrogens (primary N) is 1. The summed E-state index contributed by atoms with van der Waals surface area (Å²) in [5.74, 6) is 1.40. The van der Waals surface area contributed by atoms with Crippen molar-refractivity contribution < 1.29 is 8.42 Å². The molecule has 1 fully saturated rings. The van der Waals surface area contributed by atoms with Gasteiger partial charge in [-0.15, -0.1) is 0 Å². The first kappa shape index (κ1) is 21.8. The minimum Gasteiger partial charge on any atom is -0.382 e. The highest BCUT2D eigenvalue weighted by Crippen LogP contribution is 2.36. The summed E-state index contributed by atoms with van der Waals surface area (Å²) in [6.45, 7) is 2.83.